The van der Waals surface area contributed by atoms with Gasteiger partial charge in [-0.2, -0.15) is 0 Å². The van der Waals surface area contributed by atoms with E-state index in [2.05, 4.69) is 10.3 Å². The zero-order valence-electron chi connectivity index (χ0n) is 9.16. The number of nitrogens with one attached hydrogen (secondary N) is 1. The van der Waals surface area contributed by atoms with E-state index in [0.29, 0.717) is 17.1 Å². The van der Waals surface area contributed by atoms with Crippen LogP contribution in [0.1, 0.15) is 5.82 Å². The van der Waals surface area contributed by atoms with Gasteiger partial charge in [0.15, 0.2) is 0 Å². The Bertz CT molecular complexity index is 519. The molecule has 4 nitrogen and oxygen atoms in total. The van der Waals surface area contributed by atoms with Gasteiger partial charge in [0.05, 0.1) is 11.9 Å². The zero-order valence-corrected chi connectivity index (χ0v) is 9.16. The summed E-state index contributed by atoms with van der Waals surface area (Å²) in [6.07, 6.45) is 1.56. The largest absolute Gasteiger partial charge is 0.388 e. The van der Waals surface area contributed by atoms with Crippen molar-refractivity contribution in [2.75, 3.05) is 18.2 Å². The number of rotatable bonds is 2. The lowest BCUT2D eigenvalue weighted by molar-refractivity contribution is 0.630. The van der Waals surface area contributed by atoms with E-state index in [1.165, 1.54) is 10.7 Å². The van der Waals surface area contributed by atoms with Gasteiger partial charge in [-0.1, -0.05) is 0 Å². The molecule has 0 bridgehead atoms. The molecule has 0 unspecified atom stereocenters. The second-order valence-electron chi connectivity index (χ2n) is 3.51. The second-order valence-corrected chi connectivity index (χ2v) is 3.51. The maximum Gasteiger partial charge on any atom is 0.132 e. The van der Waals surface area contributed by atoms with E-state index in [-0.39, 0.29) is 5.82 Å². The molecule has 5 heteroatoms. The van der Waals surface area contributed by atoms with E-state index in [0.717, 1.165) is 5.69 Å². The summed E-state index contributed by atoms with van der Waals surface area (Å²) in [6.45, 7) is 1.77. The van der Waals surface area contributed by atoms with Gasteiger partial charge in [-0.15, -0.1) is 0 Å². The van der Waals surface area contributed by atoms with Gasteiger partial charge in [-0.3, -0.25) is 0 Å². The fourth-order valence-corrected chi connectivity index (χ4v) is 1.53. The van der Waals surface area contributed by atoms with E-state index in [9.17, 15) is 4.39 Å². The molecule has 0 radical (unpaired) electrons. The molecule has 1 aromatic carbocycles. The van der Waals surface area contributed by atoms with Crippen LogP contribution in [-0.2, 0) is 0 Å². The summed E-state index contributed by atoms with van der Waals surface area (Å²) in [5.41, 5.74) is 1.83. The van der Waals surface area contributed by atoms with Gasteiger partial charge >= 0.3 is 0 Å². The number of imidazole rings is 1. The molecular formula is C11H13FN4. The van der Waals surface area contributed by atoms with Crippen LogP contribution >= 0.6 is 0 Å². The lowest BCUT2D eigenvalue weighted by Gasteiger charge is -2.07. The fourth-order valence-electron chi connectivity index (χ4n) is 1.53. The quantitative estimate of drug-likeness (QED) is 0.758. The number of anilines is 1. The highest BCUT2D eigenvalue weighted by molar-refractivity contribution is 5.66. The third-order valence-corrected chi connectivity index (χ3v) is 2.51. The Morgan fingerprint density at radius 2 is 2.19 bits per heavy atom. The predicted molar refractivity (Wildman–Crippen MR) is 62.1 cm³/mol. The average Bonchev–Trinajstić information content (AvgIpc) is 2.61. The van der Waals surface area contributed by atoms with Gasteiger partial charge in [0.1, 0.15) is 11.6 Å². The van der Waals surface area contributed by atoms with Gasteiger partial charge in [0, 0.05) is 18.3 Å². The smallest absolute Gasteiger partial charge is 0.132 e. The van der Waals surface area contributed by atoms with Crippen molar-refractivity contribution in [3.05, 3.63) is 36.0 Å². The van der Waals surface area contributed by atoms with Crippen LogP contribution in [0.4, 0.5) is 10.1 Å². The van der Waals surface area contributed by atoms with Crippen molar-refractivity contribution in [1.82, 2.24) is 9.66 Å². The number of benzene rings is 1. The summed E-state index contributed by atoms with van der Waals surface area (Å²) in [5, 5.41) is 2.95. The van der Waals surface area contributed by atoms with Crippen molar-refractivity contribution in [3.63, 3.8) is 0 Å². The van der Waals surface area contributed by atoms with Gasteiger partial charge in [0.25, 0.3) is 0 Å². The lowest BCUT2D eigenvalue weighted by Crippen LogP contribution is -2.12. The van der Waals surface area contributed by atoms with Crippen LogP contribution in [0, 0.1) is 12.7 Å². The summed E-state index contributed by atoms with van der Waals surface area (Å²) in [6, 6.07) is 4.78. The Labute approximate surface area is 92.9 Å². The van der Waals surface area contributed by atoms with Crippen LogP contribution in [0.3, 0.4) is 0 Å². The molecule has 84 valence electrons. The van der Waals surface area contributed by atoms with Crippen molar-refractivity contribution in [1.29, 1.82) is 0 Å². The molecule has 0 spiro atoms. The first-order chi connectivity index (χ1) is 7.63. The minimum Gasteiger partial charge on any atom is -0.388 e. The van der Waals surface area contributed by atoms with Gasteiger partial charge in [-0.05, 0) is 25.1 Å². The van der Waals surface area contributed by atoms with E-state index in [1.54, 1.807) is 32.3 Å². The molecule has 0 aliphatic heterocycles. The first-order valence-corrected chi connectivity index (χ1v) is 4.90. The van der Waals surface area contributed by atoms with Crippen LogP contribution < -0.4 is 11.2 Å². The van der Waals surface area contributed by atoms with Crippen molar-refractivity contribution in [2.24, 2.45) is 0 Å². The Hall–Kier alpha value is -2.04. The summed E-state index contributed by atoms with van der Waals surface area (Å²) >= 11 is 0. The van der Waals surface area contributed by atoms with Crippen molar-refractivity contribution >= 4 is 5.69 Å². The maximum atomic E-state index is 13.7. The van der Waals surface area contributed by atoms with Gasteiger partial charge in [0.2, 0.25) is 0 Å². The molecule has 0 saturated heterocycles. The van der Waals surface area contributed by atoms with E-state index >= 15 is 0 Å². The van der Waals surface area contributed by atoms with E-state index < -0.39 is 0 Å². The topological polar surface area (TPSA) is 55.9 Å². The Balaban J connectivity index is 2.59. The molecule has 0 aliphatic carbocycles. The lowest BCUT2D eigenvalue weighted by atomic mass is 10.1. The molecule has 0 fully saturated rings. The molecule has 1 heterocycles. The summed E-state index contributed by atoms with van der Waals surface area (Å²) < 4.78 is 15.0. The number of aromatic nitrogens is 2. The summed E-state index contributed by atoms with van der Waals surface area (Å²) in [4.78, 5) is 4.04. The van der Waals surface area contributed by atoms with Crippen molar-refractivity contribution < 1.29 is 4.39 Å². The molecule has 2 aromatic rings. The van der Waals surface area contributed by atoms with Crippen LogP contribution in [0.2, 0.25) is 0 Å². The SMILES string of the molecule is CNc1ccc(F)c(-c2cnc(C)n2N)c1. The number of nitrogen functional groups attached to an aromatic ring is 1. The molecular weight excluding hydrogens is 207 g/mol. The van der Waals surface area contributed by atoms with E-state index in [1.807, 2.05) is 0 Å². The highest BCUT2D eigenvalue weighted by atomic mass is 19.1. The maximum absolute atomic E-state index is 13.7. The monoisotopic (exact) mass is 220 g/mol. The van der Waals surface area contributed by atoms with Gasteiger partial charge < -0.3 is 11.2 Å². The first-order valence-electron chi connectivity index (χ1n) is 4.90. The summed E-state index contributed by atoms with van der Waals surface area (Å²) in [7, 11) is 1.78. The molecule has 0 atom stereocenters. The number of aryl methyl sites for hydroxylation is 1. The van der Waals surface area contributed by atoms with Crippen LogP contribution in [0.5, 0.6) is 0 Å². The molecule has 2 rings (SSSR count). The minimum absolute atomic E-state index is 0.314. The second kappa shape index (κ2) is 3.84. The molecule has 16 heavy (non-hydrogen) atoms. The fraction of sp³-hybridized carbons (Fsp3) is 0.182. The normalized spacial score (nSPS) is 10.4. The van der Waals surface area contributed by atoms with Crippen LogP contribution in [-0.4, -0.2) is 16.7 Å². The molecule has 0 amide bonds. The molecule has 3 N–H and O–H groups in total. The molecule has 0 aliphatic rings. The van der Waals surface area contributed by atoms with Gasteiger partial charge in [-0.25, -0.2) is 14.1 Å². The number of halogens is 1. The third kappa shape index (κ3) is 1.60. The standard InChI is InChI=1S/C11H13FN4/c1-7-15-6-11(16(7)13)9-5-8(14-2)3-4-10(9)12/h3-6,14H,13H2,1-2H3. The Morgan fingerprint density at radius 1 is 1.44 bits per heavy atom. The molecule has 0 saturated carbocycles. The Morgan fingerprint density at radius 3 is 2.75 bits per heavy atom. The highest BCUT2D eigenvalue weighted by Gasteiger charge is 2.11. The number of nitrogens with zero attached hydrogens (tertiary/aromatic N) is 2. The number of hydrogen-bond acceptors (Lipinski definition) is 3. The zero-order chi connectivity index (χ0) is 11.7. The van der Waals surface area contributed by atoms with Crippen molar-refractivity contribution in [2.45, 2.75) is 6.92 Å². The summed E-state index contributed by atoms with van der Waals surface area (Å²) in [5.74, 6) is 6.09. The predicted octanol–water partition coefficient (Wildman–Crippen LogP) is 1.75. The van der Waals surface area contributed by atoms with Crippen molar-refractivity contribution in [3.8, 4) is 11.3 Å². The van der Waals surface area contributed by atoms with Crippen LogP contribution in [0.15, 0.2) is 24.4 Å². The molecule has 1 aromatic heterocycles. The number of nitrogens with two attached hydrogens (primary N) is 1. The van der Waals surface area contributed by atoms with E-state index in [4.69, 9.17) is 5.84 Å². The number of hydrogen-bond donors (Lipinski definition) is 2. The van der Waals surface area contributed by atoms with Crippen LogP contribution in [0.25, 0.3) is 11.3 Å². The Kier molecular flexibility index (Phi) is 2.52. The average molecular weight is 220 g/mol. The minimum atomic E-state index is -0.314. The first kappa shape index (κ1) is 10.5. The third-order valence-electron chi connectivity index (χ3n) is 2.51. The highest BCUT2D eigenvalue weighted by Crippen LogP contribution is 2.25.